The number of primary amides is 1. The van der Waals surface area contributed by atoms with Crippen molar-refractivity contribution in [1.82, 2.24) is 14.8 Å². The van der Waals surface area contributed by atoms with E-state index in [9.17, 15) is 14.9 Å². The van der Waals surface area contributed by atoms with E-state index in [4.69, 9.17) is 10.5 Å². The predicted octanol–water partition coefficient (Wildman–Crippen LogP) is 3.33. The van der Waals surface area contributed by atoms with Crippen LogP contribution >= 0.6 is 0 Å². The van der Waals surface area contributed by atoms with Crippen molar-refractivity contribution in [3.8, 4) is 17.3 Å². The van der Waals surface area contributed by atoms with Crippen molar-refractivity contribution in [3.63, 3.8) is 0 Å². The summed E-state index contributed by atoms with van der Waals surface area (Å²) >= 11 is 0. The van der Waals surface area contributed by atoms with Gasteiger partial charge in [-0.25, -0.2) is 0 Å². The van der Waals surface area contributed by atoms with Gasteiger partial charge in [0.2, 0.25) is 5.91 Å². The maximum absolute atomic E-state index is 13.1. The lowest BCUT2D eigenvalue weighted by atomic mass is 9.88. The smallest absolute Gasteiger partial charge is 0.254 e. The summed E-state index contributed by atoms with van der Waals surface area (Å²) in [5.41, 5.74) is 13.3. The summed E-state index contributed by atoms with van der Waals surface area (Å²) in [4.78, 5) is 32.1. The summed E-state index contributed by atoms with van der Waals surface area (Å²) in [5, 5.41) is 11.4. The summed E-state index contributed by atoms with van der Waals surface area (Å²) in [6.07, 6.45) is 3.16. The molecule has 0 atom stereocenters. The highest BCUT2D eigenvalue weighted by Gasteiger charge is 2.23. The van der Waals surface area contributed by atoms with Gasteiger partial charge in [-0.2, -0.15) is 5.26 Å². The van der Waals surface area contributed by atoms with E-state index < -0.39 is 5.91 Å². The third kappa shape index (κ3) is 4.07. The second kappa shape index (κ2) is 9.26. The Balaban J connectivity index is 1.52. The van der Waals surface area contributed by atoms with Gasteiger partial charge < -0.3 is 25.3 Å². The maximum Gasteiger partial charge on any atom is 0.254 e. The van der Waals surface area contributed by atoms with Crippen LogP contribution in [0.2, 0.25) is 0 Å². The van der Waals surface area contributed by atoms with Crippen LogP contribution < -0.4 is 5.73 Å². The molecule has 1 fully saturated rings. The van der Waals surface area contributed by atoms with Crippen molar-refractivity contribution in [2.24, 2.45) is 5.73 Å². The summed E-state index contributed by atoms with van der Waals surface area (Å²) in [6.45, 7) is 3.55. The Morgan fingerprint density at radius 3 is 2.68 bits per heavy atom. The number of carbonyl (C=O) groups is 2. The molecule has 2 amide bonds. The SMILES string of the molecule is N#CN1CCc2c(cccc2-c2ccc(CC(N)=O)c3[nH]c4cc(C(=O)N5CCOCC5)ccc4c23)C1. The maximum atomic E-state index is 13.1. The highest BCUT2D eigenvalue weighted by molar-refractivity contribution is 6.16. The number of ether oxygens (including phenoxy) is 1. The molecule has 6 rings (SSSR count). The molecule has 1 aromatic heterocycles. The van der Waals surface area contributed by atoms with Gasteiger partial charge in [0.1, 0.15) is 0 Å². The molecule has 2 aliphatic rings. The quantitative estimate of drug-likeness (QED) is 0.423. The number of nitrogens with one attached hydrogen (secondary N) is 1. The fraction of sp³-hybridized carbons (Fsp3) is 0.276. The van der Waals surface area contributed by atoms with E-state index in [1.807, 2.05) is 35.2 Å². The molecule has 4 aromatic rings. The molecule has 37 heavy (non-hydrogen) atoms. The van der Waals surface area contributed by atoms with Gasteiger partial charge in [-0.05, 0) is 46.4 Å². The molecule has 2 aliphatic heterocycles. The largest absolute Gasteiger partial charge is 0.378 e. The number of nitrogens with two attached hydrogens (primary N) is 1. The van der Waals surface area contributed by atoms with E-state index in [0.29, 0.717) is 45.0 Å². The van der Waals surface area contributed by atoms with E-state index in [1.54, 1.807) is 4.90 Å². The van der Waals surface area contributed by atoms with Crippen LogP contribution in [-0.2, 0) is 28.9 Å². The van der Waals surface area contributed by atoms with Crippen LogP contribution in [0.25, 0.3) is 32.9 Å². The van der Waals surface area contributed by atoms with Crippen LogP contribution in [-0.4, -0.2) is 59.4 Å². The number of carbonyl (C=O) groups excluding carboxylic acids is 2. The number of H-pyrrole nitrogens is 1. The predicted molar refractivity (Wildman–Crippen MR) is 141 cm³/mol. The third-order valence-electron chi connectivity index (χ3n) is 7.45. The Bertz CT molecular complexity index is 1590. The molecule has 0 spiro atoms. The van der Waals surface area contributed by atoms with Gasteiger partial charge in [-0.3, -0.25) is 9.59 Å². The molecular formula is C29H27N5O3. The fourth-order valence-electron chi connectivity index (χ4n) is 5.66. The van der Waals surface area contributed by atoms with Crippen molar-refractivity contribution in [2.75, 3.05) is 32.8 Å². The molecule has 0 aliphatic carbocycles. The Hall–Kier alpha value is -4.35. The standard InChI is InChI=1S/C29H27N5O3/c30-17-33-9-8-21-20(16-33)2-1-3-22(21)23-6-4-18(15-26(31)35)28-27(23)24-7-5-19(14-25(24)32-28)29(36)34-10-12-37-13-11-34/h1-7,14,32H,8-13,15-16H2,(H2,31,35). The number of nitriles is 1. The number of amides is 2. The molecule has 0 radical (unpaired) electrons. The van der Waals surface area contributed by atoms with Crippen molar-refractivity contribution in [2.45, 2.75) is 19.4 Å². The van der Waals surface area contributed by atoms with Gasteiger partial charge in [0, 0.05) is 41.5 Å². The van der Waals surface area contributed by atoms with Gasteiger partial charge in [0.25, 0.3) is 5.91 Å². The number of morpholine rings is 1. The number of fused-ring (bicyclic) bond motifs is 4. The van der Waals surface area contributed by atoms with E-state index in [1.165, 1.54) is 5.56 Å². The van der Waals surface area contributed by atoms with Crippen LogP contribution in [0, 0.1) is 11.5 Å². The first-order valence-electron chi connectivity index (χ1n) is 12.5. The van der Waals surface area contributed by atoms with Gasteiger partial charge in [-0.1, -0.05) is 36.4 Å². The van der Waals surface area contributed by atoms with Crippen molar-refractivity contribution in [3.05, 3.63) is 70.8 Å². The minimum absolute atomic E-state index is 0.0133. The van der Waals surface area contributed by atoms with Crippen LogP contribution in [0.3, 0.4) is 0 Å². The van der Waals surface area contributed by atoms with E-state index in [-0.39, 0.29) is 12.3 Å². The Kier molecular flexibility index (Phi) is 5.78. The number of hydrogen-bond acceptors (Lipinski definition) is 5. The molecule has 1 saturated heterocycles. The second-order valence-corrected chi connectivity index (χ2v) is 9.67. The van der Waals surface area contributed by atoms with E-state index in [2.05, 4.69) is 29.4 Å². The molecular weight excluding hydrogens is 466 g/mol. The van der Waals surface area contributed by atoms with Crippen LogP contribution in [0.1, 0.15) is 27.0 Å². The number of hydrogen-bond donors (Lipinski definition) is 2. The summed E-state index contributed by atoms with van der Waals surface area (Å²) in [7, 11) is 0. The molecule has 0 bridgehead atoms. The second-order valence-electron chi connectivity index (χ2n) is 9.67. The Labute approximate surface area is 214 Å². The van der Waals surface area contributed by atoms with Crippen LogP contribution in [0.4, 0.5) is 0 Å². The molecule has 0 unspecified atom stereocenters. The van der Waals surface area contributed by atoms with Gasteiger partial charge >= 0.3 is 0 Å². The minimum Gasteiger partial charge on any atom is -0.378 e. The summed E-state index contributed by atoms with van der Waals surface area (Å²) in [5.74, 6) is -0.412. The van der Waals surface area contributed by atoms with Crippen LogP contribution in [0.15, 0.2) is 48.5 Å². The minimum atomic E-state index is -0.399. The number of aromatic nitrogens is 1. The lowest BCUT2D eigenvalue weighted by Gasteiger charge is -2.26. The summed E-state index contributed by atoms with van der Waals surface area (Å²) in [6, 6.07) is 16.0. The average molecular weight is 494 g/mol. The molecule has 8 heteroatoms. The molecule has 3 heterocycles. The third-order valence-corrected chi connectivity index (χ3v) is 7.45. The highest BCUT2D eigenvalue weighted by atomic mass is 16.5. The first-order chi connectivity index (χ1) is 18.0. The molecule has 8 nitrogen and oxygen atoms in total. The Morgan fingerprint density at radius 2 is 1.89 bits per heavy atom. The van der Waals surface area contributed by atoms with Crippen molar-refractivity contribution in [1.29, 1.82) is 5.26 Å². The molecule has 3 aromatic carbocycles. The number of rotatable bonds is 4. The number of benzene rings is 3. The van der Waals surface area contributed by atoms with Crippen molar-refractivity contribution < 1.29 is 14.3 Å². The highest BCUT2D eigenvalue weighted by Crippen LogP contribution is 2.40. The average Bonchev–Trinajstić information content (AvgIpc) is 3.32. The lowest BCUT2D eigenvalue weighted by molar-refractivity contribution is -0.117. The zero-order valence-electron chi connectivity index (χ0n) is 20.4. The number of nitrogens with zero attached hydrogens (tertiary/aromatic N) is 3. The van der Waals surface area contributed by atoms with Crippen molar-refractivity contribution >= 4 is 33.6 Å². The van der Waals surface area contributed by atoms with Crippen LogP contribution in [0.5, 0.6) is 0 Å². The zero-order valence-corrected chi connectivity index (χ0v) is 20.4. The van der Waals surface area contributed by atoms with E-state index in [0.717, 1.165) is 50.5 Å². The number of aromatic amines is 1. The first-order valence-corrected chi connectivity index (χ1v) is 12.5. The lowest BCUT2D eigenvalue weighted by Crippen LogP contribution is -2.40. The van der Waals surface area contributed by atoms with Gasteiger partial charge in [-0.15, -0.1) is 0 Å². The molecule has 186 valence electrons. The zero-order chi connectivity index (χ0) is 25.5. The topological polar surface area (TPSA) is 115 Å². The van der Waals surface area contributed by atoms with E-state index >= 15 is 0 Å². The Morgan fingerprint density at radius 1 is 1.05 bits per heavy atom. The summed E-state index contributed by atoms with van der Waals surface area (Å²) < 4.78 is 5.39. The normalized spacial score (nSPS) is 15.5. The molecule has 3 N–H and O–H groups in total. The first kappa shape index (κ1) is 23.1. The molecule has 0 saturated carbocycles. The fourth-order valence-corrected chi connectivity index (χ4v) is 5.66. The monoisotopic (exact) mass is 493 g/mol. The van der Waals surface area contributed by atoms with Gasteiger partial charge in [0.15, 0.2) is 6.19 Å². The van der Waals surface area contributed by atoms with Gasteiger partial charge in [0.05, 0.1) is 31.7 Å².